The zero-order valence-electron chi connectivity index (χ0n) is 29.8. The zero-order valence-corrected chi connectivity index (χ0v) is 29.8. The predicted octanol–water partition coefficient (Wildman–Crippen LogP) is 12.3. The lowest BCUT2D eigenvalue weighted by molar-refractivity contribution is -0.129. The van der Waals surface area contributed by atoms with Crippen LogP contribution in [0.15, 0.2) is 195 Å². The van der Waals surface area contributed by atoms with Crippen molar-refractivity contribution in [2.75, 3.05) is 9.80 Å². The Bertz CT molecular complexity index is 2100. The van der Waals surface area contributed by atoms with Gasteiger partial charge in [0.25, 0.3) is 0 Å². The summed E-state index contributed by atoms with van der Waals surface area (Å²) in [5, 5.41) is 0. The van der Waals surface area contributed by atoms with Gasteiger partial charge in [0.15, 0.2) is 0 Å². The van der Waals surface area contributed by atoms with Crippen molar-refractivity contribution in [3.63, 3.8) is 0 Å². The van der Waals surface area contributed by atoms with Gasteiger partial charge in [-0.1, -0.05) is 98.1 Å². The number of esters is 2. The van der Waals surface area contributed by atoms with E-state index in [4.69, 9.17) is 9.47 Å². The van der Waals surface area contributed by atoms with E-state index in [1.54, 1.807) is 24.3 Å². The summed E-state index contributed by atoms with van der Waals surface area (Å²) in [5.74, 6) is -0.219. The number of nitrogens with zero attached hydrogens (tertiary/aromatic N) is 2. The molecule has 0 N–H and O–H groups in total. The normalized spacial score (nSPS) is 10.9. The highest BCUT2D eigenvalue weighted by molar-refractivity contribution is 5.85. The molecule has 6 nitrogen and oxygen atoms in total. The summed E-state index contributed by atoms with van der Waals surface area (Å²) in [6.45, 7) is 6.91. The Balaban J connectivity index is 1.09. The van der Waals surface area contributed by atoms with Crippen LogP contribution < -0.4 is 19.3 Å². The maximum atomic E-state index is 11.7. The number of ether oxygens (including phenoxy) is 2. The Labute approximate surface area is 316 Å². The molecule has 0 unspecified atom stereocenters. The van der Waals surface area contributed by atoms with E-state index in [1.807, 2.05) is 36.4 Å². The lowest BCUT2D eigenvalue weighted by atomic mass is 10.1. The predicted molar refractivity (Wildman–Crippen MR) is 221 cm³/mol. The van der Waals surface area contributed by atoms with Crippen LogP contribution in [0.1, 0.15) is 24.0 Å². The molecule has 0 aliphatic carbocycles. The average molecular weight is 709 g/mol. The molecule has 0 aliphatic rings. The molecular weight excluding hydrogens is 669 g/mol. The second-order valence-electron chi connectivity index (χ2n) is 12.1. The van der Waals surface area contributed by atoms with E-state index in [2.05, 4.69) is 144 Å². The molecule has 6 aromatic rings. The minimum Gasteiger partial charge on any atom is -0.423 e. The van der Waals surface area contributed by atoms with Crippen LogP contribution in [0.2, 0.25) is 0 Å². The quantitative estimate of drug-likeness (QED) is 0.0458. The first-order valence-corrected chi connectivity index (χ1v) is 17.6. The van der Waals surface area contributed by atoms with Crippen molar-refractivity contribution in [1.82, 2.24) is 0 Å². The molecule has 0 spiro atoms. The minimum atomic E-state index is -0.524. The van der Waals surface area contributed by atoms with Gasteiger partial charge in [-0.15, -0.1) is 0 Å². The van der Waals surface area contributed by atoms with Crippen LogP contribution in [0.4, 0.5) is 34.1 Å². The third-order valence-corrected chi connectivity index (χ3v) is 8.41. The van der Waals surface area contributed by atoms with Gasteiger partial charge in [-0.05, 0) is 121 Å². The number of carbonyl (C=O) groups is 2. The topological polar surface area (TPSA) is 59.1 Å². The zero-order chi connectivity index (χ0) is 37.5. The van der Waals surface area contributed by atoms with E-state index < -0.39 is 11.9 Å². The van der Waals surface area contributed by atoms with E-state index >= 15 is 0 Å². The molecule has 0 bridgehead atoms. The summed E-state index contributed by atoms with van der Waals surface area (Å²) in [6.07, 6.45) is 12.8. The molecule has 0 saturated carbocycles. The van der Waals surface area contributed by atoms with Crippen LogP contribution >= 0.6 is 0 Å². The molecule has 0 radical (unpaired) electrons. The lowest BCUT2D eigenvalue weighted by Gasteiger charge is -2.26. The van der Waals surface area contributed by atoms with E-state index in [1.165, 1.54) is 0 Å². The molecule has 0 fully saturated rings. The molecule has 0 heterocycles. The van der Waals surface area contributed by atoms with Crippen LogP contribution in [-0.4, -0.2) is 11.9 Å². The fraction of sp³-hybridized carbons (Fsp3) is 0.0417. The first-order chi connectivity index (χ1) is 26.5. The number of allylic oxidation sites excluding steroid dienone is 2. The molecule has 0 saturated heterocycles. The standard InChI is InChI=1S/C48H40N2O4/c1-3-47(51)53-45-33-29-43(30-34-45)50(44-31-35-46(36-32-44)54-48(52)4-2)42-27-23-38(24-28-42)16-10-6-5-9-15-37-21-25-41(26-22-37)49(39-17-11-7-12-18-39)40-19-13-8-14-20-40/h3-4,7-36H,1-2,5-6H2. The molecule has 0 amide bonds. The van der Waals surface area contributed by atoms with Crippen molar-refractivity contribution in [1.29, 1.82) is 0 Å². The van der Waals surface area contributed by atoms with Gasteiger partial charge in [0.05, 0.1) is 0 Å². The number of hydrogen-bond donors (Lipinski definition) is 0. The summed E-state index contributed by atoms with van der Waals surface area (Å²) in [7, 11) is 0. The second kappa shape index (κ2) is 18.4. The molecule has 0 atom stereocenters. The average Bonchev–Trinajstić information content (AvgIpc) is 3.22. The summed E-state index contributed by atoms with van der Waals surface area (Å²) in [6, 6.07) is 52.1. The summed E-state index contributed by atoms with van der Waals surface area (Å²) in [4.78, 5) is 27.7. The third kappa shape index (κ3) is 9.78. The first-order valence-electron chi connectivity index (χ1n) is 17.6. The summed E-state index contributed by atoms with van der Waals surface area (Å²) < 4.78 is 10.5. The first kappa shape index (κ1) is 36.6. The maximum Gasteiger partial charge on any atom is 0.335 e. The number of carbonyl (C=O) groups excluding carboxylic acids is 2. The van der Waals surface area contributed by atoms with Crippen molar-refractivity contribution in [3.05, 3.63) is 206 Å². The number of anilines is 6. The summed E-state index contributed by atoms with van der Waals surface area (Å²) >= 11 is 0. The van der Waals surface area contributed by atoms with Crippen LogP contribution in [-0.2, 0) is 9.59 Å². The fourth-order valence-electron chi connectivity index (χ4n) is 5.79. The number of para-hydroxylation sites is 2. The number of hydrogen-bond acceptors (Lipinski definition) is 6. The molecule has 266 valence electrons. The van der Waals surface area contributed by atoms with E-state index in [0.717, 1.165) is 70.2 Å². The summed E-state index contributed by atoms with van der Waals surface area (Å²) in [5.41, 5.74) is 8.19. The largest absolute Gasteiger partial charge is 0.423 e. The van der Waals surface area contributed by atoms with Crippen LogP contribution in [0.5, 0.6) is 11.5 Å². The van der Waals surface area contributed by atoms with E-state index in [0.29, 0.717) is 11.5 Å². The molecule has 6 aromatic carbocycles. The molecule has 0 aliphatic heterocycles. The fourth-order valence-corrected chi connectivity index (χ4v) is 5.79. The van der Waals surface area contributed by atoms with E-state index in [-0.39, 0.29) is 0 Å². The Morgan fingerprint density at radius 3 is 1.04 bits per heavy atom. The van der Waals surface area contributed by atoms with Crippen LogP contribution in [0, 0.1) is 0 Å². The lowest BCUT2D eigenvalue weighted by Crippen LogP contribution is -2.10. The minimum absolute atomic E-state index is 0.414. The number of unbranched alkanes of at least 4 members (excludes halogenated alkanes) is 1. The van der Waals surface area contributed by atoms with Gasteiger partial charge in [0, 0.05) is 46.3 Å². The van der Waals surface area contributed by atoms with Gasteiger partial charge in [-0.2, -0.15) is 0 Å². The van der Waals surface area contributed by atoms with Gasteiger partial charge in [-0.25, -0.2) is 9.59 Å². The SMILES string of the molecule is C=CC(=O)Oc1ccc(N(c2ccc(C=CCCC=Cc3ccc(N(c4ccccc4)c4ccccc4)cc3)cc2)c2ccc(OC(=O)C=C)cc2)cc1. The van der Waals surface area contributed by atoms with Crippen molar-refractivity contribution in [3.8, 4) is 11.5 Å². The molecule has 0 aromatic heterocycles. The highest BCUT2D eigenvalue weighted by atomic mass is 16.5. The van der Waals surface area contributed by atoms with Crippen LogP contribution in [0.25, 0.3) is 12.2 Å². The number of benzene rings is 6. The molecular formula is C48H40N2O4. The Hall–Kier alpha value is -7.18. The molecule has 54 heavy (non-hydrogen) atoms. The molecule has 6 rings (SSSR count). The van der Waals surface area contributed by atoms with Gasteiger partial charge < -0.3 is 19.3 Å². The van der Waals surface area contributed by atoms with Crippen molar-refractivity contribution >= 4 is 58.2 Å². The van der Waals surface area contributed by atoms with Crippen molar-refractivity contribution in [2.24, 2.45) is 0 Å². The highest BCUT2D eigenvalue weighted by Crippen LogP contribution is 2.37. The Kier molecular flexibility index (Phi) is 12.4. The van der Waals surface area contributed by atoms with Crippen LogP contribution in [0.3, 0.4) is 0 Å². The van der Waals surface area contributed by atoms with Gasteiger partial charge in [0.2, 0.25) is 0 Å². The highest BCUT2D eigenvalue weighted by Gasteiger charge is 2.14. The third-order valence-electron chi connectivity index (χ3n) is 8.41. The monoisotopic (exact) mass is 708 g/mol. The van der Waals surface area contributed by atoms with Crippen molar-refractivity contribution in [2.45, 2.75) is 12.8 Å². The molecule has 6 heteroatoms. The van der Waals surface area contributed by atoms with Crippen molar-refractivity contribution < 1.29 is 19.1 Å². The smallest absolute Gasteiger partial charge is 0.335 e. The van der Waals surface area contributed by atoms with Gasteiger partial charge in [0.1, 0.15) is 11.5 Å². The second-order valence-corrected chi connectivity index (χ2v) is 12.1. The Morgan fingerprint density at radius 1 is 0.426 bits per heavy atom. The van der Waals surface area contributed by atoms with Gasteiger partial charge >= 0.3 is 11.9 Å². The maximum absolute atomic E-state index is 11.7. The van der Waals surface area contributed by atoms with Gasteiger partial charge in [-0.3, -0.25) is 0 Å². The van der Waals surface area contributed by atoms with E-state index in [9.17, 15) is 9.59 Å². The Morgan fingerprint density at radius 2 is 0.722 bits per heavy atom. The number of rotatable bonds is 15.